The maximum atomic E-state index is 12.1. The second kappa shape index (κ2) is 6.79. The molecule has 6 nitrogen and oxygen atoms in total. The van der Waals surface area contributed by atoms with E-state index in [9.17, 15) is 9.59 Å². The van der Waals surface area contributed by atoms with Crippen molar-refractivity contribution in [2.45, 2.75) is 25.3 Å². The van der Waals surface area contributed by atoms with E-state index in [1.807, 2.05) is 24.3 Å². The molecule has 3 rings (SSSR count). The summed E-state index contributed by atoms with van der Waals surface area (Å²) in [4.78, 5) is 25.7. The Bertz CT molecular complexity index is 555. The summed E-state index contributed by atoms with van der Waals surface area (Å²) in [6.07, 6.45) is 2.40. The standard InChI is InChI=1S/C16H21N3O3/c20-15(18-12-4-3-8-17-10-12)7-9-19-13-5-1-2-6-14(13)22-11-16(19)21/h1-2,5-6,12,17H,3-4,7-11H2,(H,18,20)/t12-/m0/s1. The number of benzene rings is 1. The Morgan fingerprint density at radius 3 is 3.09 bits per heavy atom. The van der Waals surface area contributed by atoms with E-state index in [1.54, 1.807) is 4.90 Å². The van der Waals surface area contributed by atoms with Crippen molar-refractivity contribution in [1.82, 2.24) is 10.6 Å². The number of hydrogen-bond donors (Lipinski definition) is 2. The summed E-state index contributed by atoms with van der Waals surface area (Å²) >= 11 is 0. The highest BCUT2D eigenvalue weighted by Crippen LogP contribution is 2.31. The van der Waals surface area contributed by atoms with Gasteiger partial charge in [-0.25, -0.2) is 0 Å². The zero-order valence-electron chi connectivity index (χ0n) is 12.5. The Labute approximate surface area is 129 Å². The van der Waals surface area contributed by atoms with Gasteiger partial charge in [-0.2, -0.15) is 0 Å². The fourth-order valence-electron chi connectivity index (χ4n) is 2.89. The Morgan fingerprint density at radius 2 is 2.27 bits per heavy atom. The fourth-order valence-corrected chi connectivity index (χ4v) is 2.89. The van der Waals surface area contributed by atoms with Crippen LogP contribution in [0, 0.1) is 0 Å². The number of anilines is 1. The van der Waals surface area contributed by atoms with Crippen LogP contribution in [0.2, 0.25) is 0 Å². The molecule has 2 heterocycles. The Balaban J connectivity index is 1.56. The zero-order chi connectivity index (χ0) is 15.4. The lowest BCUT2D eigenvalue weighted by atomic mass is 10.1. The lowest BCUT2D eigenvalue weighted by Crippen LogP contribution is -2.47. The van der Waals surface area contributed by atoms with Gasteiger partial charge in [-0.1, -0.05) is 12.1 Å². The van der Waals surface area contributed by atoms with Crippen LogP contribution in [0.1, 0.15) is 19.3 Å². The van der Waals surface area contributed by atoms with Gasteiger partial charge in [-0.3, -0.25) is 9.59 Å². The van der Waals surface area contributed by atoms with E-state index in [-0.39, 0.29) is 24.5 Å². The van der Waals surface area contributed by atoms with E-state index in [1.165, 1.54) is 0 Å². The van der Waals surface area contributed by atoms with Crippen LogP contribution >= 0.6 is 0 Å². The summed E-state index contributed by atoms with van der Waals surface area (Å²) in [7, 11) is 0. The van der Waals surface area contributed by atoms with Crippen molar-refractivity contribution in [2.75, 3.05) is 31.1 Å². The first-order valence-electron chi connectivity index (χ1n) is 7.76. The molecule has 0 radical (unpaired) electrons. The minimum absolute atomic E-state index is 0.00882. The number of nitrogens with zero attached hydrogens (tertiary/aromatic N) is 1. The van der Waals surface area contributed by atoms with Crippen LogP contribution in [0.25, 0.3) is 0 Å². The van der Waals surface area contributed by atoms with E-state index in [0.717, 1.165) is 31.6 Å². The summed E-state index contributed by atoms with van der Waals surface area (Å²) in [5.41, 5.74) is 0.742. The number of amides is 2. The van der Waals surface area contributed by atoms with Crippen LogP contribution in [-0.2, 0) is 9.59 Å². The molecule has 0 bridgehead atoms. The van der Waals surface area contributed by atoms with Gasteiger partial charge in [0.15, 0.2) is 6.61 Å². The number of fused-ring (bicyclic) bond motifs is 1. The van der Waals surface area contributed by atoms with Gasteiger partial charge in [0.25, 0.3) is 5.91 Å². The first kappa shape index (κ1) is 14.8. The molecule has 2 amide bonds. The highest BCUT2D eigenvalue weighted by molar-refractivity contribution is 5.98. The van der Waals surface area contributed by atoms with Crippen molar-refractivity contribution in [3.8, 4) is 5.75 Å². The SMILES string of the molecule is O=C(CCN1C(=O)COc2ccccc21)N[C@H]1CCCNC1. The highest BCUT2D eigenvalue weighted by Gasteiger charge is 2.25. The van der Waals surface area contributed by atoms with E-state index in [0.29, 0.717) is 18.7 Å². The van der Waals surface area contributed by atoms with Crippen molar-refractivity contribution >= 4 is 17.5 Å². The molecule has 0 aromatic heterocycles. The molecular weight excluding hydrogens is 282 g/mol. The van der Waals surface area contributed by atoms with Crippen LogP contribution < -0.4 is 20.3 Å². The quantitative estimate of drug-likeness (QED) is 0.858. The minimum Gasteiger partial charge on any atom is -0.482 e. The van der Waals surface area contributed by atoms with E-state index >= 15 is 0 Å². The molecule has 0 saturated carbocycles. The number of hydrogen-bond acceptors (Lipinski definition) is 4. The number of carbonyl (C=O) groups excluding carboxylic acids is 2. The second-order valence-electron chi connectivity index (χ2n) is 5.66. The Hall–Kier alpha value is -2.08. The Kier molecular flexibility index (Phi) is 4.58. The average molecular weight is 303 g/mol. The van der Waals surface area contributed by atoms with Gasteiger partial charge >= 0.3 is 0 Å². The molecule has 1 saturated heterocycles. The molecule has 0 unspecified atom stereocenters. The summed E-state index contributed by atoms with van der Waals surface area (Å²) in [6.45, 7) is 2.26. The number of carbonyl (C=O) groups is 2. The number of para-hydroxylation sites is 2. The summed E-state index contributed by atoms with van der Waals surface area (Å²) < 4.78 is 5.39. The lowest BCUT2D eigenvalue weighted by Gasteiger charge is -2.29. The molecular formula is C16H21N3O3. The third kappa shape index (κ3) is 3.39. The largest absolute Gasteiger partial charge is 0.482 e. The molecule has 0 spiro atoms. The predicted octanol–water partition coefficient (Wildman–Crippen LogP) is 0.670. The highest BCUT2D eigenvalue weighted by atomic mass is 16.5. The molecule has 1 aromatic rings. The van der Waals surface area contributed by atoms with Crippen LogP contribution in [0.15, 0.2) is 24.3 Å². The number of nitrogens with one attached hydrogen (secondary N) is 2. The maximum Gasteiger partial charge on any atom is 0.265 e. The second-order valence-corrected chi connectivity index (χ2v) is 5.66. The average Bonchev–Trinajstić information content (AvgIpc) is 2.55. The van der Waals surface area contributed by atoms with Crippen molar-refractivity contribution in [3.05, 3.63) is 24.3 Å². The smallest absolute Gasteiger partial charge is 0.265 e. The third-order valence-corrected chi connectivity index (χ3v) is 4.03. The van der Waals surface area contributed by atoms with Gasteiger partial charge in [0.2, 0.25) is 5.91 Å². The van der Waals surface area contributed by atoms with Crippen LogP contribution in [0.5, 0.6) is 5.75 Å². The van der Waals surface area contributed by atoms with Gasteiger partial charge in [-0.15, -0.1) is 0 Å². The molecule has 22 heavy (non-hydrogen) atoms. The third-order valence-electron chi connectivity index (χ3n) is 4.03. The molecule has 118 valence electrons. The van der Waals surface area contributed by atoms with Crippen LogP contribution in [0.3, 0.4) is 0 Å². The molecule has 2 aliphatic heterocycles. The van der Waals surface area contributed by atoms with Crippen molar-refractivity contribution in [2.24, 2.45) is 0 Å². The van der Waals surface area contributed by atoms with Crippen molar-refractivity contribution in [3.63, 3.8) is 0 Å². The van der Waals surface area contributed by atoms with Gasteiger partial charge < -0.3 is 20.3 Å². The van der Waals surface area contributed by atoms with E-state index in [4.69, 9.17) is 4.74 Å². The van der Waals surface area contributed by atoms with Gasteiger partial charge in [-0.05, 0) is 31.5 Å². The normalized spacial score (nSPS) is 21.0. The first-order chi connectivity index (χ1) is 10.7. The summed E-state index contributed by atoms with van der Waals surface area (Å²) in [5, 5.41) is 6.30. The predicted molar refractivity (Wildman–Crippen MR) is 82.9 cm³/mol. The number of piperidine rings is 1. The van der Waals surface area contributed by atoms with Crippen LogP contribution in [-0.4, -0.2) is 44.1 Å². The van der Waals surface area contributed by atoms with Gasteiger partial charge in [0.05, 0.1) is 5.69 Å². The molecule has 2 N–H and O–H groups in total. The number of rotatable bonds is 4. The van der Waals surface area contributed by atoms with E-state index in [2.05, 4.69) is 10.6 Å². The molecule has 1 fully saturated rings. The molecule has 6 heteroatoms. The number of ether oxygens (including phenoxy) is 1. The maximum absolute atomic E-state index is 12.1. The lowest BCUT2D eigenvalue weighted by molar-refractivity contribution is -0.122. The minimum atomic E-state index is -0.106. The summed E-state index contributed by atoms with van der Waals surface area (Å²) in [5.74, 6) is 0.579. The topological polar surface area (TPSA) is 70.7 Å². The zero-order valence-corrected chi connectivity index (χ0v) is 12.5. The van der Waals surface area contributed by atoms with Gasteiger partial charge in [0.1, 0.15) is 5.75 Å². The molecule has 1 aromatic carbocycles. The first-order valence-corrected chi connectivity index (χ1v) is 7.76. The van der Waals surface area contributed by atoms with Crippen molar-refractivity contribution in [1.29, 1.82) is 0 Å². The molecule has 1 atom stereocenters. The molecule has 2 aliphatic rings. The Morgan fingerprint density at radius 1 is 1.41 bits per heavy atom. The van der Waals surface area contributed by atoms with Gasteiger partial charge in [0, 0.05) is 25.6 Å². The van der Waals surface area contributed by atoms with Crippen molar-refractivity contribution < 1.29 is 14.3 Å². The fraction of sp³-hybridized carbons (Fsp3) is 0.500. The van der Waals surface area contributed by atoms with Crippen LogP contribution in [0.4, 0.5) is 5.69 Å². The molecule has 0 aliphatic carbocycles. The summed E-state index contributed by atoms with van der Waals surface area (Å²) in [6, 6.07) is 7.61. The monoisotopic (exact) mass is 303 g/mol. The van der Waals surface area contributed by atoms with E-state index < -0.39 is 0 Å².